The van der Waals surface area contributed by atoms with Crippen LogP contribution in [0.15, 0.2) is 66.7 Å². The van der Waals surface area contributed by atoms with Crippen molar-refractivity contribution in [1.82, 2.24) is 0 Å². The van der Waals surface area contributed by atoms with Gasteiger partial charge in [0.25, 0.3) is 0 Å². The number of amides is 1. The summed E-state index contributed by atoms with van der Waals surface area (Å²) < 4.78 is 0. The van der Waals surface area contributed by atoms with Gasteiger partial charge in [0.1, 0.15) is 11.2 Å². The predicted molar refractivity (Wildman–Crippen MR) is 123 cm³/mol. The smallest absolute Gasteiger partial charge is 0.244 e. The molecule has 1 aliphatic rings. The Bertz CT molecular complexity index is 1110. The predicted octanol–water partition coefficient (Wildman–Crippen LogP) is 5.04. The van der Waals surface area contributed by atoms with Gasteiger partial charge in [0.2, 0.25) is 5.91 Å². The Morgan fingerprint density at radius 2 is 1.57 bits per heavy atom. The second-order valence-electron chi connectivity index (χ2n) is 9.17. The van der Waals surface area contributed by atoms with Crippen molar-refractivity contribution in [1.29, 1.82) is 0 Å². The van der Waals surface area contributed by atoms with E-state index in [-0.39, 0.29) is 17.1 Å². The van der Waals surface area contributed by atoms with Crippen LogP contribution in [-0.2, 0) is 15.6 Å². The van der Waals surface area contributed by atoms with E-state index in [1.54, 1.807) is 6.07 Å². The van der Waals surface area contributed by atoms with E-state index in [0.717, 1.165) is 28.1 Å². The molecule has 154 valence electrons. The number of carbonyl (C=O) groups excluding carboxylic acids is 1. The van der Waals surface area contributed by atoms with Gasteiger partial charge in [-0.2, -0.15) is 0 Å². The second-order valence-corrected chi connectivity index (χ2v) is 9.17. The Balaban J connectivity index is 2.06. The number of phenols is 1. The summed E-state index contributed by atoms with van der Waals surface area (Å²) in [6.45, 7) is 6.39. The zero-order chi connectivity index (χ0) is 21.7. The van der Waals surface area contributed by atoms with Crippen LogP contribution >= 0.6 is 0 Å². The number of aromatic hydroxyl groups is 1. The van der Waals surface area contributed by atoms with Crippen LogP contribution in [0.3, 0.4) is 0 Å². The Kier molecular flexibility index (Phi) is 4.61. The molecule has 4 heteroatoms. The van der Waals surface area contributed by atoms with Crippen molar-refractivity contribution in [3.63, 3.8) is 0 Å². The van der Waals surface area contributed by atoms with E-state index >= 15 is 0 Å². The molecule has 0 saturated heterocycles. The molecule has 0 saturated carbocycles. The quantitative estimate of drug-likeness (QED) is 0.647. The van der Waals surface area contributed by atoms with E-state index < -0.39 is 5.41 Å². The largest absolute Gasteiger partial charge is 0.508 e. The molecule has 1 unspecified atom stereocenters. The molecule has 1 atom stereocenters. The van der Waals surface area contributed by atoms with E-state index in [2.05, 4.69) is 26.1 Å². The fraction of sp³-hybridized carbons (Fsp3) is 0.269. The third-order valence-electron chi connectivity index (χ3n) is 6.00. The summed E-state index contributed by atoms with van der Waals surface area (Å²) >= 11 is 0. The minimum absolute atomic E-state index is 0.117. The summed E-state index contributed by atoms with van der Waals surface area (Å²) in [7, 11) is 3.97. The molecule has 30 heavy (non-hydrogen) atoms. The fourth-order valence-electron chi connectivity index (χ4n) is 4.28. The first-order chi connectivity index (χ1) is 14.2. The Morgan fingerprint density at radius 1 is 0.900 bits per heavy atom. The SMILES string of the molecule is CN(C)c1ccc(C2(c3cc(C(C)(C)C)ccc3O)C(=O)Nc3ccccc32)cc1. The van der Waals surface area contributed by atoms with Crippen LogP contribution in [0.25, 0.3) is 0 Å². The summed E-state index contributed by atoms with van der Waals surface area (Å²) in [5.74, 6) is -0.0331. The van der Waals surface area contributed by atoms with Gasteiger partial charge >= 0.3 is 0 Å². The molecule has 0 fully saturated rings. The topological polar surface area (TPSA) is 52.6 Å². The maximum atomic E-state index is 13.7. The van der Waals surface area contributed by atoms with E-state index in [9.17, 15) is 9.90 Å². The van der Waals surface area contributed by atoms with Gasteiger partial charge in [0.15, 0.2) is 0 Å². The molecule has 0 aliphatic carbocycles. The lowest BCUT2D eigenvalue weighted by Crippen LogP contribution is -2.37. The number of para-hydroxylation sites is 1. The van der Waals surface area contributed by atoms with E-state index in [1.165, 1.54) is 0 Å². The van der Waals surface area contributed by atoms with E-state index in [0.29, 0.717) is 5.56 Å². The standard InChI is InChI=1S/C26H28N2O2/c1-25(2,3)18-12-15-23(29)21(16-18)26(17-10-13-19(14-11-17)28(4)5)20-8-6-7-9-22(20)27-24(26)30/h6-16,29H,1-5H3,(H,27,30). The van der Waals surface area contributed by atoms with Gasteiger partial charge in [0.05, 0.1) is 0 Å². The number of nitrogens with zero attached hydrogens (tertiary/aromatic N) is 1. The normalized spacial score (nSPS) is 18.1. The van der Waals surface area contributed by atoms with Crippen molar-refractivity contribution in [2.24, 2.45) is 0 Å². The van der Waals surface area contributed by atoms with Crippen molar-refractivity contribution in [2.45, 2.75) is 31.6 Å². The fourth-order valence-corrected chi connectivity index (χ4v) is 4.28. The number of hydrogen-bond acceptors (Lipinski definition) is 3. The monoisotopic (exact) mass is 400 g/mol. The zero-order valence-electron chi connectivity index (χ0n) is 18.2. The van der Waals surface area contributed by atoms with Crippen LogP contribution in [0, 0.1) is 0 Å². The van der Waals surface area contributed by atoms with Crippen molar-refractivity contribution in [3.05, 3.63) is 89.0 Å². The molecule has 1 heterocycles. The minimum Gasteiger partial charge on any atom is -0.508 e. The summed E-state index contributed by atoms with van der Waals surface area (Å²) in [6.07, 6.45) is 0. The lowest BCUT2D eigenvalue weighted by Gasteiger charge is -2.31. The minimum atomic E-state index is -1.12. The second kappa shape index (κ2) is 6.91. The van der Waals surface area contributed by atoms with Crippen LogP contribution in [0.5, 0.6) is 5.75 Å². The number of fused-ring (bicyclic) bond motifs is 1. The third-order valence-corrected chi connectivity index (χ3v) is 6.00. The molecule has 0 radical (unpaired) electrons. The Labute approximate surface area is 178 Å². The molecule has 1 aliphatic heterocycles. The molecule has 3 aromatic carbocycles. The maximum absolute atomic E-state index is 13.7. The third kappa shape index (κ3) is 2.95. The van der Waals surface area contributed by atoms with Crippen LogP contribution in [-0.4, -0.2) is 25.1 Å². The summed E-state index contributed by atoms with van der Waals surface area (Å²) in [4.78, 5) is 15.7. The lowest BCUT2D eigenvalue weighted by atomic mass is 9.68. The number of nitrogens with one attached hydrogen (secondary N) is 1. The Morgan fingerprint density at radius 3 is 2.20 bits per heavy atom. The Hall–Kier alpha value is -3.27. The molecule has 0 bridgehead atoms. The molecule has 4 nitrogen and oxygen atoms in total. The highest BCUT2D eigenvalue weighted by molar-refractivity contribution is 6.11. The summed E-state index contributed by atoms with van der Waals surface area (Å²) in [5.41, 5.74) is 3.95. The highest BCUT2D eigenvalue weighted by Crippen LogP contribution is 2.50. The number of benzene rings is 3. The van der Waals surface area contributed by atoms with Gasteiger partial charge in [-0.15, -0.1) is 0 Å². The average Bonchev–Trinajstić information content (AvgIpc) is 3.00. The highest BCUT2D eigenvalue weighted by Gasteiger charge is 2.51. The first kappa shape index (κ1) is 20.0. The van der Waals surface area contributed by atoms with Crippen molar-refractivity contribution in [2.75, 3.05) is 24.3 Å². The van der Waals surface area contributed by atoms with Crippen LogP contribution in [0.4, 0.5) is 11.4 Å². The van der Waals surface area contributed by atoms with Gasteiger partial charge < -0.3 is 15.3 Å². The maximum Gasteiger partial charge on any atom is 0.244 e. The van der Waals surface area contributed by atoms with Gasteiger partial charge in [-0.05, 0) is 46.9 Å². The molecule has 4 rings (SSSR count). The molecule has 0 spiro atoms. The van der Waals surface area contributed by atoms with Crippen LogP contribution in [0.2, 0.25) is 0 Å². The molecule has 2 N–H and O–H groups in total. The van der Waals surface area contributed by atoms with E-state index in [1.807, 2.05) is 79.7 Å². The number of anilines is 2. The average molecular weight is 401 g/mol. The molecule has 1 amide bonds. The first-order valence-corrected chi connectivity index (χ1v) is 10.2. The van der Waals surface area contributed by atoms with Crippen LogP contribution < -0.4 is 10.2 Å². The molecule has 3 aromatic rings. The van der Waals surface area contributed by atoms with Crippen molar-refractivity contribution in [3.8, 4) is 5.75 Å². The number of carbonyl (C=O) groups is 1. The molecular formula is C26H28N2O2. The van der Waals surface area contributed by atoms with Crippen molar-refractivity contribution >= 4 is 17.3 Å². The number of rotatable bonds is 3. The highest BCUT2D eigenvalue weighted by atomic mass is 16.3. The van der Waals surface area contributed by atoms with Crippen LogP contribution in [0.1, 0.15) is 43.0 Å². The van der Waals surface area contributed by atoms with Crippen molar-refractivity contribution < 1.29 is 9.90 Å². The van der Waals surface area contributed by atoms with E-state index in [4.69, 9.17) is 0 Å². The summed E-state index contributed by atoms with van der Waals surface area (Å²) in [5, 5.41) is 14.0. The van der Waals surface area contributed by atoms with Gasteiger partial charge in [-0.25, -0.2) is 0 Å². The van der Waals surface area contributed by atoms with Gasteiger partial charge in [-0.3, -0.25) is 4.79 Å². The first-order valence-electron chi connectivity index (χ1n) is 10.2. The number of hydrogen-bond donors (Lipinski definition) is 2. The van der Waals surface area contributed by atoms with Gasteiger partial charge in [-0.1, -0.05) is 57.2 Å². The lowest BCUT2D eigenvalue weighted by molar-refractivity contribution is -0.118. The zero-order valence-corrected chi connectivity index (χ0v) is 18.2. The molecular weight excluding hydrogens is 372 g/mol. The summed E-state index contributed by atoms with van der Waals surface area (Å²) in [6, 6.07) is 21.3. The number of phenolic OH excluding ortho intramolecular Hbond substituents is 1. The van der Waals surface area contributed by atoms with Gasteiger partial charge in [0, 0.05) is 36.6 Å². The molecule has 0 aromatic heterocycles.